The van der Waals surface area contributed by atoms with Crippen LogP contribution < -0.4 is 10.1 Å². The number of ether oxygens (including phenoxy) is 2. The number of hydrogen-bond acceptors (Lipinski definition) is 6. The van der Waals surface area contributed by atoms with E-state index in [9.17, 15) is 9.59 Å². The van der Waals surface area contributed by atoms with E-state index in [1.807, 2.05) is 36.6 Å². The zero-order chi connectivity index (χ0) is 17.5. The summed E-state index contributed by atoms with van der Waals surface area (Å²) in [4.78, 5) is 27.9. The fraction of sp³-hybridized carbons (Fsp3) is 0.353. The van der Waals surface area contributed by atoms with Gasteiger partial charge in [0, 0.05) is 17.5 Å². The zero-order valence-electron chi connectivity index (χ0n) is 13.9. The summed E-state index contributed by atoms with van der Waals surface area (Å²) in [5, 5.41) is 5.24. The van der Waals surface area contributed by atoms with E-state index >= 15 is 0 Å². The predicted molar refractivity (Wildman–Crippen MR) is 92.0 cm³/mol. The van der Waals surface area contributed by atoms with Crippen LogP contribution in [-0.4, -0.2) is 36.6 Å². The molecule has 0 aliphatic carbocycles. The third kappa shape index (κ3) is 4.79. The molecule has 2 aromatic rings. The van der Waals surface area contributed by atoms with Crippen LogP contribution in [0.4, 0.5) is 0 Å². The number of likely N-dealkylation sites (N-methyl/N-ethyl adjacent to an activating group) is 1. The number of esters is 1. The van der Waals surface area contributed by atoms with Gasteiger partial charge in [0.15, 0.2) is 6.10 Å². The number of thiazole rings is 1. The number of aromatic nitrogens is 1. The van der Waals surface area contributed by atoms with Crippen molar-refractivity contribution in [1.29, 1.82) is 0 Å². The normalized spacial score (nSPS) is 11.6. The van der Waals surface area contributed by atoms with E-state index in [2.05, 4.69) is 10.3 Å². The summed E-state index contributed by atoms with van der Waals surface area (Å²) < 4.78 is 10.2. The van der Waals surface area contributed by atoms with Gasteiger partial charge >= 0.3 is 5.97 Å². The Kier molecular flexibility index (Phi) is 6.31. The molecule has 2 rings (SSSR count). The van der Waals surface area contributed by atoms with E-state index in [0.29, 0.717) is 12.2 Å². The third-order valence-corrected chi connectivity index (χ3v) is 4.18. The summed E-state index contributed by atoms with van der Waals surface area (Å²) in [7, 11) is 1.61. The van der Waals surface area contributed by atoms with Crippen LogP contribution >= 0.6 is 11.3 Å². The molecule has 1 aromatic heterocycles. The molecule has 0 bridgehead atoms. The summed E-state index contributed by atoms with van der Waals surface area (Å²) in [6.07, 6.45) is -0.770. The van der Waals surface area contributed by atoms with Gasteiger partial charge in [0.1, 0.15) is 10.8 Å². The number of methoxy groups -OCH3 is 1. The Labute approximate surface area is 144 Å². The van der Waals surface area contributed by atoms with Crippen LogP contribution in [0.2, 0.25) is 0 Å². The van der Waals surface area contributed by atoms with Crippen molar-refractivity contribution in [3.05, 3.63) is 35.3 Å². The molecular formula is C17H20N2O4S. The fourth-order valence-corrected chi connectivity index (χ4v) is 2.84. The monoisotopic (exact) mass is 348 g/mol. The van der Waals surface area contributed by atoms with Crippen LogP contribution in [-0.2, 0) is 20.7 Å². The highest BCUT2D eigenvalue weighted by molar-refractivity contribution is 7.13. The summed E-state index contributed by atoms with van der Waals surface area (Å²) >= 11 is 1.45. The lowest BCUT2D eigenvalue weighted by molar-refractivity contribution is -0.154. The lowest BCUT2D eigenvalue weighted by Gasteiger charge is -2.11. The van der Waals surface area contributed by atoms with E-state index in [-0.39, 0.29) is 12.3 Å². The lowest BCUT2D eigenvalue weighted by Crippen LogP contribution is -2.35. The Morgan fingerprint density at radius 3 is 2.62 bits per heavy atom. The van der Waals surface area contributed by atoms with Crippen molar-refractivity contribution >= 4 is 23.2 Å². The van der Waals surface area contributed by atoms with Crippen molar-refractivity contribution < 1.29 is 19.1 Å². The fourth-order valence-electron chi connectivity index (χ4n) is 2.01. The molecule has 0 unspecified atom stereocenters. The molecule has 0 radical (unpaired) electrons. The molecule has 1 aromatic carbocycles. The van der Waals surface area contributed by atoms with Gasteiger partial charge in [0.05, 0.1) is 19.2 Å². The minimum atomic E-state index is -0.808. The van der Waals surface area contributed by atoms with Crippen LogP contribution in [0.5, 0.6) is 5.75 Å². The molecule has 1 heterocycles. The third-order valence-electron chi connectivity index (χ3n) is 3.24. The Morgan fingerprint density at radius 1 is 1.29 bits per heavy atom. The Morgan fingerprint density at radius 2 is 2.00 bits per heavy atom. The number of amides is 1. The Bertz CT molecular complexity index is 697. The molecule has 0 aliphatic rings. The predicted octanol–water partition coefficient (Wildman–Crippen LogP) is 2.43. The molecule has 7 heteroatoms. The van der Waals surface area contributed by atoms with Gasteiger partial charge in [0.25, 0.3) is 5.91 Å². The van der Waals surface area contributed by atoms with Crippen molar-refractivity contribution in [2.45, 2.75) is 26.4 Å². The van der Waals surface area contributed by atoms with Gasteiger partial charge in [-0.25, -0.2) is 4.98 Å². The molecule has 1 atom stereocenters. The molecule has 0 saturated heterocycles. The molecule has 0 fully saturated rings. The second kappa shape index (κ2) is 8.44. The number of hydrogen-bond donors (Lipinski definition) is 1. The number of nitrogens with one attached hydrogen (secondary N) is 1. The van der Waals surface area contributed by atoms with Gasteiger partial charge < -0.3 is 14.8 Å². The van der Waals surface area contributed by atoms with Gasteiger partial charge in [-0.1, -0.05) is 0 Å². The number of nitrogens with zero attached hydrogens (tertiary/aromatic N) is 1. The topological polar surface area (TPSA) is 77.5 Å². The lowest BCUT2D eigenvalue weighted by atomic mass is 10.2. The summed E-state index contributed by atoms with van der Waals surface area (Å²) in [6.45, 7) is 3.85. The van der Waals surface area contributed by atoms with Crippen LogP contribution in [0.1, 0.15) is 19.5 Å². The molecule has 1 N–H and O–H groups in total. The molecule has 0 spiro atoms. The second-order valence-electron chi connectivity index (χ2n) is 5.08. The van der Waals surface area contributed by atoms with E-state index in [1.165, 1.54) is 11.3 Å². The number of carbonyl (C=O) groups is 2. The highest BCUT2D eigenvalue weighted by Gasteiger charge is 2.18. The largest absolute Gasteiger partial charge is 0.497 e. The molecule has 128 valence electrons. The molecular weight excluding hydrogens is 328 g/mol. The van der Waals surface area contributed by atoms with Crippen molar-refractivity contribution in [3.8, 4) is 16.3 Å². The van der Waals surface area contributed by atoms with E-state index in [0.717, 1.165) is 16.3 Å². The van der Waals surface area contributed by atoms with Crippen LogP contribution in [0.25, 0.3) is 10.6 Å². The van der Waals surface area contributed by atoms with Crippen molar-refractivity contribution in [2.24, 2.45) is 0 Å². The highest BCUT2D eigenvalue weighted by Crippen LogP contribution is 2.25. The van der Waals surface area contributed by atoms with Crippen LogP contribution in [0, 0.1) is 0 Å². The average molecular weight is 348 g/mol. The minimum Gasteiger partial charge on any atom is -0.497 e. The minimum absolute atomic E-state index is 0.0381. The first-order valence-corrected chi connectivity index (χ1v) is 8.47. The van der Waals surface area contributed by atoms with Crippen molar-refractivity contribution in [2.75, 3.05) is 13.7 Å². The van der Waals surface area contributed by atoms with Gasteiger partial charge in [-0.2, -0.15) is 0 Å². The average Bonchev–Trinajstić information content (AvgIpc) is 3.03. The number of rotatable bonds is 7. The van der Waals surface area contributed by atoms with E-state index < -0.39 is 12.1 Å². The van der Waals surface area contributed by atoms with E-state index in [4.69, 9.17) is 9.47 Å². The maximum absolute atomic E-state index is 11.9. The van der Waals surface area contributed by atoms with Crippen molar-refractivity contribution in [3.63, 3.8) is 0 Å². The molecule has 1 amide bonds. The Balaban J connectivity index is 1.95. The summed E-state index contributed by atoms with van der Waals surface area (Å²) in [6, 6.07) is 7.55. The molecule has 6 nitrogen and oxygen atoms in total. The van der Waals surface area contributed by atoms with Gasteiger partial charge in [-0.15, -0.1) is 11.3 Å². The first-order valence-electron chi connectivity index (χ1n) is 7.59. The second-order valence-corrected chi connectivity index (χ2v) is 5.93. The molecule has 0 aliphatic heterocycles. The van der Waals surface area contributed by atoms with Crippen LogP contribution in [0.15, 0.2) is 29.6 Å². The smallest absolute Gasteiger partial charge is 0.312 e. The van der Waals surface area contributed by atoms with Crippen LogP contribution in [0.3, 0.4) is 0 Å². The quantitative estimate of drug-likeness (QED) is 0.778. The SMILES string of the molecule is CCNC(=O)[C@@H](C)OC(=O)Cc1csc(-c2ccc(OC)cc2)n1. The summed E-state index contributed by atoms with van der Waals surface area (Å²) in [5.41, 5.74) is 1.58. The van der Waals surface area contributed by atoms with Crippen molar-refractivity contribution in [1.82, 2.24) is 10.3 Å². The highest BCUT2D eigenvalue weighted by atomic mass is 32.1. The number of carbonyl (C=O) groups excluding carboxylic acids is 2. The standard InChI is InChI=1S/C17H20N2O4S/c1-4-18-16(21)11(2)23-15(20)9-13-10-24-17(19-13)12-5-7-14(22-3)8-6-12/h5-8,10-11H,4,9H2,1-3H3,(H,18,21)/t11-/m1/s1. The Hall–Kier alpha value is -2.41. The maximum Gasteiger partial charge on any atom is 0.312 e. The zero-order valence-corrected chi connectivity index (χ0v) is 14.7. The maximum atomic E-state index is 11.9. The van der Waals surface area contributed by atoms with Gasteiger partial charge in [-0.05, 0) is 38.1 Å². The van der Waals surface area contributed by atoms with Gasteiger partial charge in [0.2, 0.25) is 0 Å². The summed E-state index contributed by atoms with van der Waals surface area (Å²) in [5.74, 6) is 0.00170. The molecule has 0 saturated carbocycles. The first-order chi connectivity index (χ1) is 11.5. The van der Waals surface area contributed by atoms with Gasteiger partial charge in [-0.3, -0.25) is 9.59 Å². The van der Waals surface area contributed by atoms with E-state index in [1.54, 1.807) is 14.0 Å². The number of benzene rings is 1. The first kappa shape index (κ1) is 17.9. The molecule has 24 heavy (non-hydrogen) atoms.